The molecule has 2 aromatic heterocycles. The van der Waals surface area contributed by atoms with Crippen LogP contribution in [0, 0.1) is 5.82 Å². The van der Waals surface area contributed by atoms with Gasteiger partial charge in [-0.15, -0.1) is 22.7 Å². The smallest absolute Gasteiger partial charge is 0.243 e. The van der Waals surface area contributed by atoms with Crippen molar-refractivity contribution >= 4 is 34.5 Å². The van der Waals surface area contributed by atoms with Crippen LogP contribution in [0.3, 0.4) is 0 Å². The molecule has 0 saturated carbocycles. The first-order valence-corrected chi connectivity index (χ1v) is 11.2. The first kappa shape index (κ1) is 19.7. The number of amides is 2. The number of nitrogens with one attached hydrogen (secondary N) is 1. The van der Waals surface area contributed by atoms with Crippen LogP contribution in [-0.2, 0) is 22.6 Å². The summed E-state index contributed by atoms with van der Waals surface area (Å²) in [6.45, 7) is 0.911. The van der Waals surface area contributed by atoms with Crippen LogP contribution in [0.15, 0.2) is 47.2 Å². The number of rotatable bonds is 6. The minimum Gasteiger partial charge on any atom is -0.349 e. The number of hydrogen-bond acceptors (Lipinski definition) is 5. The van der Waals surface area contributed by atoms with Crippen LogP contribution in [0.4, 0.5) is 4.39 Å². The second-order valence-corrected chi connectivity index (χ2v) is 8.69. The zero-order valence-electron chi connectivity index (χ0n) is 15.6. The lowest BCUT2D eigenvalue weighted by molar-refractivity contribution is -0.138. The van der Waals surface area contributed by atoms with Crippen molar-refractivity contribution in [1.29, 1.82) is 0 Å². The van der Waals surface area contributed by atoms with Crippen molar-refractivity contribution in [2.45, 2.75) is 31.8 Å². The number of thiophene rings is 1. The second kappa shape index (κ2) is 8.84. The molecule has 1 aromatic carbocycles. The third-order valence-corrected chi connectivity index (χ3v) is 6.80. The van der Waals surface area contributed by atoms with Gasteiger partial charge >= 0.3 is 0 Å². The lowest BCUT2D eigenvalue weighted by Gasteiger charge is -2.24. The van der Waals surface area contributed by atoms with Gasteiger partial charge in [-0.05, 0) is 42.0 Å². The third kappa shape index (κ3) is 4.71. The van der Waals surface area contributed by atoms with E-state index in [-0.39, 0.29) is 24.1 Å². The van der Waals surface area contributed by atoms with E-state index in [1.165, 1.54) is 12.1 Å². The Morgan fingerprint density at radius 1 is 1.21 bits per heavy atom. The van der Waals surface area contributed by atoms with Gasteiger partial charge in [0.05, 0.1) is 23.5 Å². The van der Waals surface area contributed by atoms with E-state index in [0.717, 1.165) is 27.6 Å². The van der Waals surface area contributed by atoms with Crippen molar-refractivity contribution in [1.82, 2.24) is 15.2 Å². The summed E-state index contributed by atoms with van der Waals surface area (Å²) < 4.78 is 13.0. The predicted molar refractivity (Wildman–Crippen MR) is 112 cm³/mol. The van der Waals surface area contributed by atoms with Crippen LogP contribution in [-0.4, -0.2) is 34.3 Å². The fourth-order valence-corrected chi connectivity index (χ4v) is 5.05. The molecule has 1 aliphatic heterocycles. The first-order chi connectivity index (χ1) is 14.1. The summed E-state index contributed by atoms with van der Waals surface area (Å²) in [5.74, 6) is -0.590. The van der Waals surface area contributed by atoms with Gasteiger partial charge in [0.1, 0.15) is 16.9 Å². The monoisotopic (exact) mass is 429 g/mol. The topological polar surface area (TPSA) is 62.3 Å². The molecule has 0 radical (unpaired) electrons. The lowest BCUT2D eigenvalue weighted by atomic mass is 10.1. The van der Waals surface area contributed by atoms with Crippen LogP contribution < -0.4 is 5.32 Å². The maximum Gasteiger partial charge on any atom is 0.243 e. The first-order valence-electron chi connectivity index (χ1n) is 9.40. The molecule has 0 bridgehead atoms. The molecular formula is C21H20FN3O2S2. The van der Waals surface area contributed by atoms with Gasteiger partial charge in [0.2, 0.25) is 11.8 Å². The number of benzene rings is 1. The van der Waals surface area contributed by atoms with E-state index in [0.29, 0.717) is 19.5 Å². The molecule has 1 fully saturated rings. The van der Waals surface area contributed by atoms with Crippen molar-refractivity contribution in [2.24, 2.45) is 0 Å². The fraction of sp³-hybridized carbons (Fsp3) is 0.286. The fourth-order valence-electron chi connectivity index (χ4n) is 3.41. The highest BCUT2D eigenvalue weighted by Gasteiger charge is 2.33. The normalized spacial score (nSPS) is 16.2. The van der Waals surface area contributed by atoms with Gasteiger partial charge < -0.3 is 10.2 Å². The number of aromatic nitrogens is 1. The van der Waals surface area contributed by atoms with Crippen LogP contribution in [0.1, 0.15) is 24.1 Å². The predicted octanol–water partition coefficient (Wildman–Crippen LogP) is 3.86. The largest absolute Gasteiger partial charge is 0.349 e. The molecule has 3 heterocycles. The standard InChI is InChI=1S/C21H20FN3O2S2/c22-15-7-5-14(6-8-15)11-19(26)25-9-1-3-17(25)20(27)23-12-16-13-29-21(24-16)18-4-2-10-28-18/h2,4-8,10,13,17H,1,3,9,11-12H2,(H,23,27). The van der Waals surface area contributed by atoms with Gasteiger partial charge in [0, 0.05) is 11.9 Å². The summed E-state index contributed by atoms with van der Waals surface area (Å²) in [5.41, 5.74) is 1.56. The Bertz CT molecular complexity index is 986. The third-order valence-electron chi connectivity index (χ3n) is 4.87. The molecule has 0 spiro atoms. The van der Waals surface area contributed by atoms with E-state index < -0.39 is 6.04 Å². The van der Waals surface area contributed by atoms with Gasteiger partial charge in [-0.3, -0.25) is 9.59 Å². The van der Waals surface area contributed by atoms with E-state index in [2.05, 4.69) is 10.3 Å². The molecule has 0 aliphatic carbocycles. The van der Waals surface area contributed by atoms with Gasteiger partial charge in [0.15, 0.2) is 0 Å². The number of carbonyl (C=O) groups excluding carboxylic acids is 2. The molecule has 1 aliphatic rings. The van der Waals surface area contributed by atoms with Gasteiger partial charge in [-0.1, -0.05) is 18.2 Å². The van der Waals surface area contributed by atoms with Crippen molar-refractivity contribution in [3.63, 3.8) is 0 Å². The summed E-state index contributed by atoms with van der Waals surface area (Å²) in [5, 5.41) is 7.82. The van der Waals surface area contributed by atoms with Gasteiger partial charge in [0.25, 0.3) is 0 Å². The van der Waals surface area contributed by atoms with Crippen molar-refractivity contribution in [3.05, 3.63) is 64.2 Å². The molecule has 150 valence electrons. The second-order valence-electron chi connectivity index (χ2n) is 6.89. The van der Waals surface area contributed by atoms with E-state index >= 15 is 0 Å². The Kier molecular flexibility index (Phi) is 6.01. The van der Waals surface area contributed by atoms with E-state index in [1.54, 1.807) is 39.7 Å². The van der Waals surface area contributed by atoms with Crippen LogP contribution in [0.2, 0.25) is 0 Å². The molecule has 1 unspecified atom stereocenters. The van der Waals surface area contributed by atoms with Crippen molar-refractivity contribution in [3.8, 4) is 9.88 Å². The van der Waals surface area contributed by atoms with Crippen LogP contribution >= 0.6 is 22.7 Å². The molecular weight excluding hydrogens is 409 g/mol. The molecule has 4 rings (SSSR count). The number of thiazole rings is 1. The van der Waals surface area contributed by atoms with E-state index in [4.69, 9.17) is 0 Å². The zero-order valence-corrected chi connectivity index (χ0v) is 17.3. The Hall–Kier alpha value is -2.58. The van der Waals surface area contributed by atoms with Crippen molar-refractivity contribution < 1.29 is 14.0 Å². The summed E-state index contributed by atoms with van der Waals surface area (Å²) in [6.07, 6.45) is 1.62. The molecule has 1 N–H and O–H groups in total. The Morgan fingerprint density at radius 3 is 2.79 bits per heavy atom. The lowest BCUT2D eigenvalue weighted by Crippen LogP contribution is -2.46. The number of carbonyl (C=O) groups is 2. The quantitative estimate of drug-likeness (QED) is 0.647. The number of nitrogens with zero attached hydrogens (tertiary/aromatic N) is 2. The van der Waals surface area contributed by atoms with Gasteiger partial charge in [-0.2, -0.15) is 0 Å². The number of halogens is 1. The highest BCUT2D eigenvalue weighted by molar-refractivity contribution is 7.20. The van der Waals surface area contributed by atoms with E-state index in [1.807, 2.05) is 22.9 Å². The molecule has 2 amide bonds. The van der Waals surface area contributed by atoms with Crippen molar-refractivity contribution in [2.75, 3.05) is 6.54 Å². The molecule has 1 atom stereocenters. The molecule has 3 aromatic rings. The zero-order chi connectivity index (χ0) is 20.2. The highest BCUT2D eigenvalue weighted by atomic mass is 32.1. The maximum atomic E-state index is 13.0. The minimum absolute atomic E-state index is 0.108. The molecule has 29 heavy (non-hydrogen) atoms. The summed E-state index contributed by atoms with van der Waals surface area (Å²) in [7, 11) is 0. The average Bonchev–Trinajstić information content (AvgIpc) is 3.48. The number of hydrogen-bond donors (Lipinski definition) is 1. The van der Waals surface area contributed by atoms with E-state index in [9.17, 15) is 14.0 Å². The maximum absolute atomic E-state index is 13.0. The molecule has 5 nitrogen and oxygen atoms in total. The summed E-state index contributed by atoms with van der Waals surface area (Å²) >= 11 is 3.19. The van der Waals surface area contributed by atoms with Gasteiger partial charge in [-0.25, -0.2) is 9.37 Å². The SMILES string of the molecule is O=C(NCc1csc(-c2cccs2)n1)C1CCCN1C(=O)Cc1ccc(F)cc1. The van der Waals surface area contributed by atoms with Crippen LogP contribution in [0.5, 0.6) is 0 Å². The molecule has 1 saturated heterocycles. The number of likely N-dealkylation sites (tertiary alicyclic amines) is 1. The average molecular weight is 430 g/mol. The Morgan fingerprint density at radius 2 is 2.03 bits per heavy atom. The summed E-state index contributed by atoms with van der Waals surface area (Å²) in [4.78, 5) is 32.7. The Balaban J connectivity index is 1.34. The minimum atomic E-state index is -0.460. The van der Waals surface area contributed by atoms with Crippen LogP contribution in [0.25, 0.3) is 9.88 Å². The molecule has 8 heteroatoms. The Labute approximate surface area is 176 Å². The summed E-state index contributed by atoms with van der Waals surface area (Å²) in [6, 6.07) is 9.44. The highest BCUT2D eigenvalue weighted by Crippen LogP contribution is 2.27.